The Morgan fingerprint density at radius 3 is 2.87 bits per heavy atom. The smallest absolute Gasteiger partial charge is 0.378 e. The van der Waals surface area contributed by atoms with Crippen molar-refractivity contribution in [3.8, 4) is 0 Å². The van der Waals surface area contributed by atoms with E-state index in [1.165, 1.54) is 12.1 Å². The number of ether oxygens (including phenoxy) is 1. The van der Waals surface area contributed by atoms with Crippen molar-refractivity contribution >= 4 is 5.91 Å². The summed E-state index contributed by atoms with van der Waals surface area (Å²) >= 11 is 0. The van der Waals surface area contributed by atoms with Crippen molar-refractivity contribution in [2.45, 2.75) is 44.9 Å². The first-order chi connectivity index (χ1) is 10.8. The van der Waals surface area contributed by atoms with Crippen LogP contribution in [0.15, 0.2) is 24.3 Å². The van der Waals surface area contributed by atoms with Crippen LogP contribution in [0.1, 0.15) is 37.3 Å². The minimum Gasteiger partial charge on any atom is -0.378 e. The van der Waals surface area contributed by atoms with Gasteiger partial charge in [0.1, 0.15) is 0 Å². The van der Waals surface area contributed by atoms with Crippen LogP contribution >= 0.6 is 0 Å². The lowest BCUT2D eigenvalue weighted by molar-refractivity contribution is -0.137. The summed E-state index contributed by atoms with van der Waals surface area (Å²) in [4.78, 5) is 11.9. The summed E-state index contributed by atoms with van der Waals surface area (Å²) in [5, 5.41) is 2.79. The van der Waals surface area contributed by atoms with Gasteiger partial charge in [-0.1, -0.05) is 18.2 Å². The van der Waals surface area contributed by atoms with Gasteiger partial charge in [0.15, 0.2) is 0 Å². The standard InChI is InChI=1S/C17H22F3NO2/c1-12-9-13(6-8-23-12)5-7-21-16(22)11-14-3-2-4-15(10-14)17(18,19)20/h2-4,10,12-13H,5-9,11H2,1H3,(H,21,22)/t12-,13-/m1/s1. The molecule has 0 aromatic heterocycles. The molecule has 128 valence electrons. The van der Waals surface area contributed by atoms with Gasteiger partial charge in [-0.3, -0.25) is 4.79 Å². The Labute approximate surface area is 134 Å². The van der Waals surface area contributed by atoms with Gasteiger partial charge < -0.3 is 10.1 Å². The molecule has 23 heavy (non-hydrogen) atoms. The molecule has 1 aliphatic rings. The van der Waals surface area contributed by atoms with Crippen LogP contribution in [-0.4, -0.2) is 25.2 Å². The molecule has 0 saturated carbocycles. The van der Waals surface area contributed by atoms with E-state index >= 15 is 0 Å². The Kier molecular flexibility index (Phi) is 6.04. The number of amides is 1. The molecule has 1 heterocycles. The Hall–Kier alpha value is -1.56. The SMILES string of the molecule is C[C@@H]1C[C@H](CCNC(=O)Cc2cccc(C(F)(F)F)c2)CCO1. The van der Waals surface area contributed by atoms with E-state index in [2.05, 4.69) is 5.32 Å². The van der Waals surface area contributed by atoms with E-state index in [4.69, 9.17) is 4.74 Å². The number of carbonyl (C=O) groups excluding carboxylic acids is 1. The summed E-state index contributed by atoms with van der Waals surface area (Å²) in [5.74, 6) is 0.289. The molecule has 1 N–H and O–H groups in total. The molecule has 1 aromatic carbocycles. The molecule has 0 radical (unpaired) electrons. The van der Waals surface area contributed by atoms with Gasteiger partial charge in [-0.15, -0.1) is 0 Å². The van der Waals surface area contributed by atoms with Crippen LogP contribution < -0.4 is 5.32 Å². The molecule has 1 saturated heterocycles. The van der Waals surface area contributed by atoms with E-state index in [0.29, 0.717) is 18.0 Å². The quantitative estimate of drug-likeness (QED) is 0.897. The number of hydrogen-bond donors (Lipinski definition) is 1. The van der Waals surface area contributed by atoms with Crippen LogP contribution in [-0.2, 0) is 22.1 Å². The Morgan fingerprint density at radius 2 is 2.17 bits per heavy atom. The second-order valence-electron chi connectivity index (χ2n) is 6.09. The fraction of sp³-hybridized carbons (Fsp3) is 0.588. The molecule has 1 aliphatic heterocycles. The summed E-state index contributed by atoms with van der Waals surface area (Å²) in [5.41, 5.74) is -0.351. The third kappa shape index (κ3) is 5.86. The number of carbonyl (C=O) groups is 1. The van der Waals surface area contributed by atoms with Gasteiger partial charge in [0.25, 0.3) is 0 Å². The van der Waals surface area contributed by atoms with Crippen molar-refractivity contribution in [1.82, 2.24) is 5.32 Å². The first kappa shape index (κ1) is 17.8. The number of benzene rings is 1. The Morgan fingerprint density at radius 1 is 1.39 bits per heavy atom. The van der Waals surface area contributed by atoms with Crippen molar-refractivity contribution in [1.29, 1.82) is 0 Å². The molecule has 2 atom stereocenters. The average molecular weight is 329 g/mol. The maximum absolute atomic E-state index is 12.6. The normalized spacial score (nSPS) is 21.9. The van der Waals surface area contributed by atoms with Crippen molar-refractivity contribution in [2.24, 2.45) is 5.92 Å². The molecule has 3 nitrogen and oxygen atoms in total. The molecule has 6 heteroatoms. The lowest BCUT2D eigenvalue weighted by atomic mass is 9.93. The van der Waals surface area contributed by atoms with Crippen molar-refractivity contribution < 1.29 is 22.7 Å². The molecule has 1 fully saturated rings. The summed E-state index contributed by atoms with van der Waals surface area (Å²) in [7, 11) is 0. The largest absolute Gasteiger partial charge is 0.416 e. The summed E-state index contributed by atoms with van der Waals surface area (Å²) in [6.07, 6.45) is -1.30. The monoisotopic (exact) mass is 329 g/mol. The summed E-state index contributed by atoms with van der Waals surface area (Å²) in [6.45, 7) is 3.34. The number of hydrogen-bond acceptors (Lipinski definition) is 2. The second kappa shape index (κ2) is 7.81. The van der Waals surface area contributed by atoms with E-state index in [0.717, 1.165) is 38.0 Å². The minimum absolute atomic E-state index is 0.0336. The zero-order valence-corrected chi connectivity index (χ0v) is 13.2. The predicted octanol–water partition coefficient (Wildman–Crippen LogP) is 3.57. The molecule has 0 bridgehead atoms. The zero-order chi connectivity index (χ0) is 16.9. The average Bonchev–Trinajstić information content (AvgIpc) is 2.46. The number of rotatable bonds is 5. The number of alkyl halides is 3. The third-order valence-corrected chi connectivity index (χ3v) is 4.09. The fourth-order valence-electron chi connectivity index (χ4n) is 2.87. The van der Waals surface area contributed by atoms with Crippen LogP contribution in [0.25, 0.3) is 0 Å². The summed E-state index contributed by atoms with van der Waals surface area (Å²) < 4.78 is 43.4. The number of nitrogens with one attached hydrogen (secondary N) is 1. The molecule has 0 aliphatic carbocycles. The van der Waals surface area contributed by atoms with Crippen LogP contribution in [0.2, 0.25) is 0 Å². The molecule has 0 spiro atoms. The van der Waals surface area contributed by atoms with Gasteiger partial charge in [-0.05, 0) is 43.7 Å². The summed E-state index contributed by atoms with van der Waals surface area (Å²) in [6, 6.07) is 4.90. The maximum Gasteiger partial charge on any atom is 0.416 e. The minimum atomic E-state index is -4.38. The first-order valence-electron chi connectivity index (χ1n) is 7.89. The molecule has 1 amide bonds. The van der Waals surface area contributed by atoms with Crippen LogP contribution in [0, 0.1) is 5.92 Å². The highest BCUT2D eigenvalue weighted by atomic mass is 19.4. The molecule has 1 aromatic rings. The Bertz CT molecular complexity index is 531. The van der Waals surface area contributed by atoms with Gasteiger partial charge >= 0.3 is 6.18 Å². The van der Waals surface area contributed by atoms with E-state index in [-0.39, 0.29) is 18.4 Å². The van der Waals surface area contributed by atoms with Gasteiger partial charge in [-0.25, -0.2) is 0 Å². The van der Waals surface area contributed by atoms with E-state index < -0.39 is 11.7 Å². The predicted molar refractivity (Wildman–Crippen MR) is 80.9 cm³/mol. The molecule has 2 rings (SSSR count). The van der Waals surface area contributed by atoms with Gasteiger partial charge in [0.2, 0.25) is 5.91 Å². The van der Waals surface area contributed by atoms with Crippen molar-refractivity contribution in [3.05, 3.63) is 35.4 Å². The van der Waals surface area contributed by atoms with Crippen molar-refractivity contribution in [3.63, 3.8) is 0 Å². The highest BCUT2D eigenvalue weighted by Crippen LogP contribution is 2.29. The number of halogens is 3. The highest BCUT2D eigenvalue weighted by molar-refractivity contribution is 5.78. The topological polar surface area (TPSA) is 38.3 Å². The van der Waals surface area contributed by atoms with E-state index in [1.54, 1.807) is 0 Å². The first-order valence-corrected chi connectivity index (χ1v) is 7.89. The van der Waals surface area contributed by atoms with E-state index in [9.17, 15) is 18.0 Å². The third-order valence-electron chi connectivity index (χ3n) is 4.09. The lowest BCUT2D eigenvalue weighted by Gasteiger charge is -2.27. The second-order valence-corrected chi connectivity index (χ2v) is 6.09. The lowest BCUT2D eigenvalue weighted by Crippen LogP contribution is -2.30. The molecular weight excluding hydrogens is 307 g/mol. The van der Waals surface area contributed by atoms with Crippen LogP contribution in [0.4, 0.5) is 13.2 Å². The van der Waals surface area contributed by atoms with Gasteiger partial charge in [0, 0.05) is 13.2 Å². The maximum atomic E-state index is 12.6. The highest BCUT2D eigenvalue weighted by Gasteiger charge is 2.30. The van der Waals surface area contributed by atoms with Crippen molar-refractivity contribution in [2.75, 3.05) is 13.2 Å². The zero-order valence-electron chi connectivity index (χ0n) is 13.2. The van der Waals surface area contributed by atoms with E-state index in [1.807, 2.05) is 6.92 Å². The Balaban J connectivity index is 1.76. The fourth-order valence-corrected chi connectivity index (χ4v) is 2.87. The van der Waals surface area contributed by atoms with Crippen LogP contribution in [0.5, 0.6) is 0 Å². The van der Waals surface area contributed by atoms with Gasteiger partial charge in [0.05, 0.1) is 18.1 Å². The van der Waals surface area contributed by atoms with Gasteiger partial charge in [-0.2, -0.15) is 13.2 Å². The van der Waals surface area contributed by atoms with Crippen LogP contribution in [0.3, 0.4) is 0 Å². The molecular formula is C17H22F3NO2. The molecule has 0 unspecified atom stereocenters.